The zero-order chi connectivity index (χ0) is 10.8. The van der Waals surface area contributed by atoms with Crippen LogP contribution in [-0.4, -0.2) is 5.38 Å². The van der Waals surface area contributed by atoms with E-state index in [-0.39, 0.29) is 11.2 Å². The van der Waals surface area contributed by atoms with Crippen molar-refractivity contribution < 1.29 is 4.39 Å². The van der Waals surface area contributed by atoms with Crippen molar-refractivity contribution in [3.05, 3.63) is 35.1 Å². The Balaban J connectivity index is 1.94. The third-order valence-electron chi connectivity index (χ3n) is 3.02. The second-order valence-electron chi connectivity index (χ2n) is 4.49. The minimum Gasteiger partial charge on any atom is -0.207 e. The summed E-state index contributed by atoms with van der Waals surface area (Å²) in [6, 6.07) is 5.27. The highest BCUT2D eigenvalue weighted by molar-refractivity contribution is 6.20. The van der Waals surface area contributed by atoms with Gasteiger partial charge in [0.05, 0.1) is 0 Å². The molecule has 1 saturated carbocycles. The predicted octanol–water partition coefficient (Wildman–Crippen LogP) is 4.08. The molecular weight excluding hydrogens is 211 g/mol. The second-order valence-corrected chi connectivity index (χ2v) is 5.05. The van der Waals surface area contributed by atoms with E-state index in [2.05, 4.69) is 0 Å². The Morgan fingerprint density at radius 1 is 1.47 bits per heavy atom. The highest BCUT2D eigenvalue weighted by Crippen LogP contribution is 2.37. The number of hydrogen-bond donors (Lipinski definition) is 0. The molecule has 0 amide bonds. The van der Waals surface area contributed by atoms with Gasteiger partial charge in [-0.05, 0) is 50.2 Å². The van der Waals surface area contributed by atoms with Gasteiger partial charge in [0.2, 0.25) is 0 Å². The van der Waals surface area contributed by atoms with Crippen LogP contribution in [-0.2, 0) is 6.42 Å². The van der Waals surface area contributed by atoms with E-state index in [1.54, 1.807) is 12.1 Å². The molecule has 1 aromatic rings. The number of aryl methyl sites for hydroxylation is 2. The van der Waals surface area contributed by atoms with E-state index in [4.69, 9.17) is 11.6 Å². The molecule has 0 saturated heterocycles. The summed E-state index contributed by atoms with van der Waals surface area (Å²) >= 11 is 6.20. The molecule has 0 aliphatic heterocycles. The monoisotopic (exact) mass is 226 g/mol. The molecule has 1 aliphatic rings. The Kier molecular flexibility index (Phi) is 3.30. The number of halogens is 2. The van der Waals surface area contributed by atoms with Gasteiger partial charge in [-0.3, -0.25) is 0 Å². The molecule has 2 rings (SSSR count). The van der Waals surface area contributed by atoms with Gasteiger partial charge >= 0.3 is 0 Å². The van der Waals surface area contributed by atoms with Crippen molar-refractivity contribution in [3.8, 4) is 0 Å². The lowest BCUT2D eigenvalue weighted by Gasteiger charge is -2.08. The summed E-state index contributed by atoms with van der Waals surface area (Å²) in [5, 5.41) is 0.241. The molecule has 2 heteroatoms. The lowest BCUT2D eigenvalue weighted by Crippen LogP contribution is -2.04. The number of rotatable bonds is 4. The van der Waals surface area contributed by atoms with Crippen LogP contribution in [0.15, 0.2) is 18.2 Å². The van der Waals surface area contributed by atoms with Crippen molar-refractivity contribution in [1.29, 1.82) is 0 Å². The van der Waals surface area contributed by atoms with Crippen molar-refractivity contribution in [2.75, 3.05) is 0 Å². The molecule has 0 bridgehead atoms. The molecule has 1 fully saturated rings. The summed E-state index contributed by atoms with van der Waals surface area (Å²) in [6.45, 7) is 1.99. The van der Waals surface area contributed by atoms with Crippen molar-refractivity contribution in [1.82, 2.24) is 0 Å². The second kappa shape index (κ2) is 4.52. The van der Waals surface area contributed by atoms with Crippen LogP contribution in [0.3, 0.4) is 0 Å². The average Bonchev–Trinajstić information content (AvgIpc) is 3.02. The van der Waals surface area contributed by atoms with Crippen LogP contribution in [0.1, 0.15) is 30.4 Å². The van der Waals surface area contributed by atoms with E-state index < -0.39 is 0 Å². The van der Waals surface area contributed by atoms with Crippen LogP contribution in [0.2, 0.25) is 0 Å². The molecule has 0 N–H and O–H groups in total. The van der Waals surface area contributed by atoms with Crippen LogP contribution in [0.25, 0.3) is 0 Å². The topological polar surface area (TPSA) is 0 Å². The maximum absolute atomic E-state index is 13.4. The summed E-state index contributed by atoms with van der Waals surface area (Å²) in [4.78, 5) is 0. The molecule has 1 aromatic carbocycles. The van der Waals surface area contributed by atoms with Crippen LogP contribution < -0.4 is 0 Å². The standard InChI is InChI=1S/C13H16ClF/c1-9-2-7-13(15)11(8-9)5-6-12(14)10-3-4-10/h2,7-8,10,12H,3-6H2,1H3. The first-order valence-corrected chi connectivity index (χ1v) is 5.99. The molecule has 1 atom stereocenters. The Morgan fingerprint density at radius 2 is 2.20 bits per heavy atom. The fourth-order valence-electron chi connectivity index (χ4n) is 1.88. The van der Waals surface area contributed by atoms with Gasteiger partial charge in [0.25, 0.3) is 0 Å². The lowest BCUT2D eigenvalue weighted by atomic mass is 10.0. The van der Waals surface area contributed by atoms with E-state index in [9.17, 15) is 4.39 Å². The minimum absolute atomic E-state index is 0.0970. The summed E-state index contributed by atoms with van der Waals surface area (Å²) in [5.41, 5.74) is 1.92. The SMILES string of the molecule is Cc1ccc(F)c(CCC(Cl)C2CC2)c1. The molecule has 1 aliphatic carbocycles. The smallest absolute Gasteiger partial charge is 0.126 e. The molecule has 0 nitrogen and oxygen atoms in total. The Labute approximate surface area is 95.4 Å². The maximum Gasteiger partial charge on any atom is 0.126 e. The highest BCUT2D eigenvalue weighted by Gasteiger charge is 2.29. The van der Waals surface area contributed by atoms with Gasteiger partial charge < -0.3 is 0 Å². The lowest BCUT2D eigenvalue weighted by molar-refractivity contribution is 0.594. The van der Waals surface area contributed by atoms with Crippen LogP contribution in [0, 0.1) is 18.7 Å². The number of benzene rings is 1. The van der Waals surface area contributed by atoms with E-state index in [0.29, 0.717) is 5.92 Å². The maximum atomic E-state index is 13.4. The Bertz CT molecular complexity index is 344. The third kappa shape index (κ3) is 2.94. The van der Waals surface area contributed by atoms with E-state index in [1.165, 1.54) is 12.8 Å². The molecule has 0 aromatic heterocycles. The van der Waals surface area contributed by atoms with Crippen molar-refractivity contribution in [3.63, 3.8) is 0 Å². The quantitative estimate of drug-likeness (QED) is 0.679. The molecule has 1 unspecified atom stereocenters. The van der Waals surface area contributed by atoms with E-state index in [1.807, 2.05) is 13.0 Å². The van der Waals surface area contributed by atoms with E-state index in [0.717, 1.165) is 24.0 Å². The first-order valence-electron chi connectivity index (χ1n) is 5.56. The molecule has 0 heterocycles. The van der Waals surface area contributed by atoms with Crippen molar-refractivity contribution in [2.24, 2.45) is 5.92 Å². The zero-order valence-electron chi connectivity index (χ0n) is 8.97. The van der Waals surface area contributed by atoms with Gasteiger partial charge in [0.15, 0.2) is 0 Å². The van der Waals surface area contributed by atoms with Crippen LogP contribution in [0.4, 0.5) is 4.39 Å². The first-order chi connectivity index (χ1) is 7.16. The van der Waals surface area contributed by atoms with Crippen LogP contribution in [0.5, 0.6) is 0 Å². The summed E-state index contributed by atoms with van der Waals surface area (Å²) in [7, 11) is 0. The molecule has 82 valence electrons. The minimum atomic E-state index is -0.0970. The Hall–Kier alpha value is -0.560. The number of hydrogen-bond acceptors (Lipinski definition) is 0. The third-order valence-corrected chi connectivity index (χ3v) is 3.60. The molecule has 0 radical (unpaired) electrons. The normalized spacial score (nSPS) is 17.8. The highest BCUT2D eigenvalue weighted by atomic mass is 35.5. The van der Waals surface area contributed by atoms with Crippen molar-refractivity contribution in [2.45, 2.75) is 38.0 Å². The number of alkyl halides is 1. The van der Waals surface area contributed by atoms with Gasteiger partial charge in [-0.2, -0.15) is 0 Å². The van der Waals surface area contributed by atoms with Gasteiger partial charge in [-0.25, -0.2) is 4.39 Å². The molecule has 0 spiro atoms. The van der Waals surface area contributed by atoms with Gasteiger partial charge in [-0.1, -0.05) is 17.7 Å². The predicted molar refractivity (Wildman–Crippen MR) is 61.8 cm³/mol. The van der Waals surface area contributed by atoms with Gasteiger partial charge in [-0.15, -0.1) is 11.6 Å². The van der Waals surface area contributed by atoms with Crippen molar-refractivity contribution >= 4 is 11.6 Å². The Morgan fingerprint density at radius 3 is 2.87 bits per heavy atom. The van der Waals surface area contributed by atoms with E-state index >= 15 is 0 Å². The first kappa shape index (κ1) is 10.9. The fraction of sp³-hybridized carbons (Fsp3) is 0.538. The summed E-state index contributed by atoms with van der Waals surface area (Å²) in [6.07, 6.45) is 4.17. The van der Waals surface area contributed by atoms with Gasteiger partial charge in [0, 0.05) is 5.38 Å². The summed E-state index contributed by atoms with van der Waals surface area (Å²) < 4.78 is 13.4. The largest absolute Gasteiger partial charge is 0.207 e. The van der Waals surface area contributed by atoms with Gasteiger partial charge in [0.1, 0.15) is 5.82 Å². The van der Waals surface area contributed by atoms with Crippen LogP contribution >= 0.6 is 11.6 Å². The summed E-state index contributed by atoms with van der Waals surface area (Å²) in [5.74, 6) is 0.597. The molecular formula is C13H16ClF. The average molecular weight is 227 g/mol. The fourth-order valence-corrected chi connectivity index (χ4v) is 2.24. The molecule has 15 heavy (non-hydrogen) atoms. The zero-order valence-corrected chi connectivity index (χ0v) is 9.73.